The standard InChI is InChI=1S/C12H19ClN2/c1-9(12(2,3)4)8-15-10-5-6-14-11(13)7-10/h5-7,9H,8H2,1-4H3,(H,14,15). The van der Waals surface area contributed by atoms with Crippen LogP contribution in [-0.4, -0.2) is 11.5 Å². The Bertz CT molecular complexity index is 318. The zero-order valence-corrected chi connectivity index (χ0v) is 10.6. The molecular weight excluding hydrogens is 208 g/mol. The molecule has 0 aromatic carbocycles. The van der Waals surface area contributed by atoms with Gasteiger partial charge < -0.3 is 5.32 Å². The highest BCUT2D eigenvalue weighted by atomic mass is 35.5. The molecule has 1 aromatic rings. The van der Waals surface area contributed by atoms with E-state index in [4.69, 9.17) is 11.6 Å². The summed E-state index contributed by atoms with van der Waals surface area (Å²) in [6.07, 6.45) is 1.71. The monoisotopic (exact) mass is 226 g/mol. The number of nitrogens with one attached hydrogen (secondary N) is 1. The quantitative estimate of drug-likeness (QED) is 0.793. The van der Waals surface area contributed by atoms with Crippen LogP contribution in [0.3, 0.4) is 0 Å². The number of pyridine rings is 1. The van der Waals surface area contributed by atoms with Crippen LogP contribution in [0.1, 0.15) is 27.7 Å². The molecule has 15 heavy (non-hydrogen) atoms. The van der Waals surface area contributed by atoms with Crippen molar-refractivity contribution in [1.29, 1.82) is 0 Å². The SMILES string of the molecule is CC(CNc1ccnc(Cl)c1)C(C)(C)C. The first-order valence-electron chi connectivity index (χ1n) is 5.25. The third-order valence-electron chi connectivity index (χ3n) is 2.82. The van der Waals surface area contributed by atoms with Gasteiger partial charge in [-0.25, -0.2) is 4.98 Å². The summed E-state index contributed by atoms with van der Waals surface area (Å²) in [6, 6.07) is 3.78. The van der Waals surface area contributed by atoms with Crippen LogP contribution in [-0.2, 0) is 0 Å². The topological polar surface area (TPSA) is 24.9 Å². The van der Waals surface area contributed by atoms with Gasteiger partial charge >= 0.3 is 0 Å². The maximum absolute atomic E-state index is 5.80. The van der Waals surface area contributed by atoms with E-state index in [1.54, 1.807) is 6.20 Å². The Hall–Kier alpha value is -0.760. The van der Waals surface area contributed by atoms with Gasteiger partial charge in [0.25, 0.3) is 0 Å². The average Bonchev–Trinajstić information content (AvgIpc) is 2.12. The van der Waals surface area contributed by atoms with Crippen molar-refractivity contribution in [3.05, 3.63) is 23.5 Å². The molecule has 0 aliphatic rings. The molecule has 1 atom stereocenters. The minimum atomic E-state index is 0.323. The van der Waals surface area contributed by atoms with Crippen molar-refractivity contribution >= 4 is 17.3 Å². The van der Waals surface area contributed by atoms with Gasteiger partial charge in [0.1, 0.15) is 5.15 Å². The predicted octanol–water partition coefficient (Wildman–Crippen LogP) is 3.83. The van der Waals surface area contributed by atoms with Gasteiger partial charge in [0.2, 0.25) is 0 Å². The summed E-state index contributed by atoms with van der Waals surface area (Å²) in [7, 11) is 0. The van der Waals surface area contributed by atoms with E-state index in [0.717, 1.165) is 12.2 Å². The van der Waals surface area contributed by atoms with Crippen molar-refractivity contribution in [3.63, 3.8) is 0 Å². The number of hydrogen-bond acceptors (Lipinski definition) is 2. The summed E-state index contributed by atoms with van der Waals surface area (Å²) >= 11 is 5.80. The summed E-state index contributed by atoms with van der Waals surface area (Å²) < 4.78 is 0. The van der Waals surface area contributed by atoms with E-state index in [0.29, 0.717) is 16.5 Å². The fourth-order valence-electron chi connectivity index (χ4n) is 1.09. The normalized spacial score (nSPS) is 13.7. The molecule has 1 N–H and O–H groups in total. The van der Waals surface area contributed by atoms with E-state index < -0.39 is 0 Å². The zero-order valence-electron chi connectivity index (χ0n) is 9.84. The van der Waals surface area contributed by atoms with Crippen LogP contribution in [0.15, 0.2) is 18.3 Å². The number of halogens is 1. The second kappa shape index (κ2) is 4.84. The van der Waals surface area contributed by atoms with Crippen molar-refractivity contribution in [1.82, 2.24) is 4.98 Å². The first kappa shape index (κ1) is 12.3. The van der Waals surface area contributed by atoms with Crippen LogP contribution < -0.4 is 5.32 Å². The van der Waals surface area contributed by atoms with E-state index >= 15 is 0 Å². The van der Waals surface area contributed by atoms with Crippen LogP contribution in [0.5, 0.6) is 0 Å². The largest absolute Gasteiger partial charge is 0.385 e. The second-order valence-corrected chi connectivity index (χ2v) is 5.40. The molecule has 1 heterocycles. The maximum atomic E-state index is 5.80. The third-order valence-corrected chi connectivity index (χ3v) is 3.02. The first-order chi connectivity index (χ1) is 6.89. The molecular formula is C12H19ClN2. The lowest BCUT2D eigenvalue weighted by atomic mass is 9.82. The van der Waals surface area contributed by atoms with E-state index in [-0.39, 0.29) is 0 Å². The van der Waals surface area contributed by atoms with Gasteiger partial charge in [-0.05, 0) is 23.5 Å². The number of hydrogen-bond donors (Lipinski definition) is 1. The summed E-state index contributed by atoms with van der Waals surface area (Å²) in [6.45, 7) is 9.94. The molecule has 0 aliphatic carbocycles. The lowest BCUT2D eigenvalue weighted by molar-refractivity contribution is 0.274. The Labute approximate surface area is 97.1 Å². The minimum absolute atomic E-state index is 0.323. The van der Waals surface area contributed by atoms with Gasteiger partial charge in [0.15, 0.2) is 0 Å². The van der Waals surface area contributed by atoms with E-state index in [9.17, 15) is 0 Å². The van der Waals surface area contributed by atoms with Crippen LogP contribution in [0.25, 0.3) is 0 Å². The Morgan fingerprint density at radius 2 is 2.13 bits per heavy atom. The molecule has 0 aliphatic heterocycles. The van der Waals surface area contributed by atoms with Crippen molar-refractivity contribution < 1.29 is 0 Å². The molecule has 1 unspecified atom stereocenters. The molecule has 0 radical (unpaired) electrons. The van der Waals surface area contributed by atoms with Crippen LogP contribution in [0.4, 0.5) is 5.69 Å². The number of rotatable bonds is 3. The lowest BCUT2D eigenvalue weighted by Gasteiger charge is -2.27. The molecule has 0 bridgehead atoms. The molecule has 0 spiro atoms. The molecule has 1 aromatic heterocycles. The van der Waals surface area contributed by atoms with Gasteiger partial charge in [0.05, 0.1) is 0 Å². The molecule has 2 nitrogen and oxygen atoms in total. The molecule has 0 saturated carbocycles. The highest BCUT2D eigenvalue weighted by Crippen LogP contribution is 2.25. The second-order valence-electron chi connectivity index (χ2n) is 5.02. The Morgan fingerprint density at radius 3 is 2.67 bits per heavy atom. The van der Waals surface area contributed by atoms with Gasteiger partial charge in [-0.2, -0.15) is 0 Å². The van der Waals surface area contributed by atoms with Gasteiger partial charge in [-0.15, -0.1) is 0 Å². The van der Waals surface area contributed by atoms with Crippen molar-refractivity contribution in [2.24, 2.45) is 11.3 Å². The van der Waals surface area contributed by atoms with Crippen LogP contribution in [0.2, 0.25) is 5.15 Å². The Kier molecular flexibility index (Phi) is 3.97. The minimum Gasteiger partial charge on any atom is -0.385 e. The summed E-state index contributed by atoms with van der Waals surface area (Å²) in [5.74, 6) is 0.601. The number of nitrogens with zero attached hydrogens (tertiary/aromatic N) is 1. The predicted molar refractivity (Wildman–Crippen MR) is 66.4 cm³/mol. The first-order valence-corrected chi connectivity index (χ1v) is 5.63. The Balaban J connectivity index is 2.51. The van der Waals surface area contributed by atoms with E-state index in [1.165, 1.54) is 0 Å². The fourth-order valence-corrected chi connectivity index (χ4v) is 1.26. The van der Waals surface area contributed by atoms with Crippen molar-refractivity contribution in [2.75, 3.05) is 11.9 Å². The van der Waals surface area contributed by atoms with Gasteiger partial charge in [-0.1, -0.05) is 39.3 Å². The molecule has 1 rings (SSSR count). The summed E-state index contributed by atoms with van der Waals surface area (Å²) in [4.78, 5) is 3.94. The van der Waals surface area contributed by atoms with Crippen molar-refractivity contribution in [3.8, 4) is 0 Å². The molecule has 0 amide bonds. The van der Waals surface area contributed by atoms with E-state index in [1.807, 2.05) is 12.1 Å². The molecule has 0 saturated heterocycles. The third kappa shape index (κ3) is 4.08. The fraction of sp³-hybridized carbons (Fsp3) is 0.583. The molecule has 0 fully saturated rings. The van der Waals surface area contributed by atoms with Crippen molar-refractivity contribution in [2.45, 2.75) is 27.7 Å². The van der Waals surface area contributed by atoms with E-state index in [2.05, 4.69) is 38.0 Å². The average molecular weight is 227 g/mol. The highest BCUT2D eigenvalue weighted by molar-refractivity contribution is 6.29. The highest BCUT2D eigenvalue weighted by Gasteiger charge is 2.19. The maximum Gasteiger partial charge on any atom is 0.131 e. The lowest BCUT2D eigenvalue weighted by Crippen LogP contribution is -2.24. The number of anilines is 1. The van der Waals surface area contributed by atoms with Gasteiger partial charge in [-0.3, -0.25) is 0 Å². The molecule has 84 valence electrons. The Morgan fingerprint density at radius 1 is 1.47 bits per heavy atom. The number of aromatic nitrogens is 1. The summed E-state index contributed by atoms with van der Waals surface area (Å²) in [5, 5.41) is 3.90. The van der Waals surface area contributed by atoms with Crippen LogP contribution >= 0.6 is 11.6 Å². The van der Waals surface area contributed by atoms with Crippen LogP contribution in [0, 0.1) is 11.3 Å². The smallest absolute Gasteiger partial charge is 0.131 e. The summed E-state index contributed by atoms with van der Waals surface area (Å²) in [5.41, 5.74) is 1.36. The molecule has 3 heteroatoms. The zero-order chi connectivity index (χ0) is 11.5. The van der Waals surface area contributed by atoms with Gasteiger partial charge in [0, 0.05) is 18.4 Å².